The Morgan fingerprint density at radius 2 is 1.96 bits per heavy atom. The Morgan fingerprint density at radius 1 is 1.25 bits per heavy atom. The van der Waals surface area contributed by atoms with Gasteiger partial charge in [0, 0.05) is 31.0 Å². The van der Waals surface area contributed by atoms with Gasteiger partial charge in [0.15, 0.2) is 5.82 Å². The van der Waals surface area contributed by atoms with Gasteiger partial charge in [-0.25, -0.2) is 9.18 Å². The molecule has 3 aromatic rings. The molecule has 9 heteroatoms. The summed E-state index contributed by atoms with van der Waals surface area (Å²) in [7, 11) is 3.63. The summed E-state index contributed by atoms with van der Waals surface area (Å²) in [4.78, 5) is 13.3. The van der Waals surface area contributed by atoms with E-state index in [4.69, 9.17) is 16.3 Å². The molecular weight excluding hydrogens is 385 g/mol. The van der Waals surface area contributed by atoms with Crippen molar-refractivity contribution in [2.45, 2.75) is 6.92 Å². The lowest BCUT2D eigenvalue weighted by molar-refractivity contribution is 0.168. The van der Waals surface area contributed by atoms with Crippen LogP contribution in [0, 0.1) is 5.82 Å². The molecule has 1 N–H and O–H groups in total. The molecule has 0 unspecified atom stereocenters. The molecule has 0 atom stereocenters. The molecule has 1 heterocycles. The molecule has 28 heavy (non-hydrogen) atoms. The Morgan fingerprint density at radius 3 is 2.61 bits per heavy atom. The zero-order valence-corrected chi connectivity index (χ0v) is 16.4. The van der Waals surface area contributed by atoms with Crippen LogP contribution in [-0.4, -0.2) is 34.5 Å². The highest BCUT2D eigenvalue weighted by molar-refractivity contribution is 6.33. The van der Waals surface area contributed by atoms with Gasteiger partial charge in [0.1, 0.15) is 5.82 Å². The van der Waals surface area contributed by atoms with Crippen LogP contribution in [0.1, 0.15) is 6.92 Å². The maximum Gasteiger partial charge on any atom is 0.411 e. The minimum absolute atomic E-state index is 0.279. The maximum atomic E-state index is 13.2. The maximum absolute atomic E-state index is 13.2. The number of ether oxygens (including phenoxy) is 1. The van der Waals surface area contributed by atoms with Gasteiger partial charge < -0.3 is 9.64 Å². The Hall–Kier alpha value is -3.13. The molecule has 0 fully saturated rings. The van der Waals surface area contributed by atoms with E-state index in [1.807, 2.05) is 14.1 Å². The first-order valence-electron chi connectivity index (χ1n) is 8.53. The normalized spacial score (nSPS) is 10.6. The molecule has 0 radical (unpaired) electrons. The highest BCUT2D eigenvalue weighted by atomic mass is 35.5. The monoisotopic (exact) mass is 403 g/mol. The lowest BCUT2D eigenvalue weighted by Crippen LogP contribution is -2.14. The fourth-order valence-corrected chi connectivity index (χ4v) is 2.95. The van der Waals surface area contributed by atoms with Crippen LogP contribution < -0.4 is 10.2 Å². The van der Waals surface area contributed by atoms with E-state index in [1.165, 1.54) is 12.1 Å². The van der Waals surface area contributed by atoms with Crippen molar-refractivity contribution in [2.75, 3.05) is 23.9 Å². The molecular formula is C19H19ClFN5O2. The van der Waals surface area contributed by atoms with Gasteiger partial charge in [-0.3, -0.25) is 9.88 Å². The number of anilines is 3. The molecule has 0 spiro atoms. The van der Waals surface area contributed by atoms with E-state index in [-0.39, 0.29) is 12.4 Å². The summed E-state index contributed by atoms with van der Waals surface area (Å²) < 4.78 is 19.8. The average molecular weight is 404 g/mol. The van der Waals surface area contributed by atoms with E-state index >= 15 is 0 Å². The van der Waals surface area contributed by atoms with Crippen LogP contribution in [0.15, 0.2) is 42.5 Å². The molecule has 0 saturated heterocycles. The zero-order chi connectivity index (χ0) is 20.3. The Labute approximate surface area is 166 Å². The Bertz CT molecular complexity index is 990. The van der Waals surface area contributed by atoms with E-state index in [2.05, 4.69) is 15.5 Å². The molecule has 0 aliphatic carbocycles. The fraction of sp³-hybridized carbons (Fsp3) is 0.211. The predicted molar refractivity (Wildman–Crippen MR) is 107 cm³/mol. The van der Waals surface area contributed by atoms with Crippen LogP contribution in [0.5, 0.6) is 0 Å². The summed E-state index contributed by atoms with van der Waals surface area (Å²) in [6.07, 6.45) is -0.548. The lowest BCUT2D eigenvalue weighted by Gasteiger charge is -2.18. The quantitative estimate of drug-likeness (QED) is 0.673. The van der Waals surface area contributed by atoms with Crippen molar-refractivity contribution >= 4 is 35.0 Å². The van der Waals surface area contributed by atoms with Crippen molar-refractivity contribution < 1.29 is 13.9 Å². The SMILES string of the molecule is CCOC(=O)Nc1ccc(-c2nnc(N(C)c3ccc(F)cc3)n2C)c(Cl)c1. The number of nitrogens with one attached hydrogen (secondary N) is 1. The number of rotatable bonds is 5. The van der Waals surface area contributed by atoms with Crippen LogP contribution in [0.4, 0.5) is 26.5 Å². The number of halogens is 2. The topological polar surface area (TPSA) is 72.3 Å². The summed E-state index contributed by atoms with van der Waals surface area (Å²) in [5.41, 5.74) is 1.94. The van der Waals surface area contributed by atoms with Crippen LogP contribution in [-0.2, 0) is 11.8 Å². The van der Waals surface area contributed by atoms with Gasteiger partial charge in [-0.05, 0) is 49.4 Å². The first-order chi connectivity index (χ1) is 13.4. The third-order valence-electron chi connectivity index (χ3n) is 4.10. The van der Waals surface area contributed by atoms with Gasteiger partial charge in [-0.15, -0.1) is 10.2 Å². The van der Waals surface area contributed by atoms with Crippen LogP contribution >= 0.6 is 11.6 Å². The Balaban J connectivity index is 1.87. The number of nitrogens with zero attached hydrogens (tertiary/aromatic N) is 4. The summed E-state index contributed by atoms with van der Waals surface area (Å²) in [6.45, 7) is 2.01. The van der Waals surface area contributed by atoms with Gasteiger partial charge >= 0.3 is 6.09 Å². The predicted octanol–water partition coefficient (Wildman–Crippen LogP) is 4.61. The lowest BCUT2D eigenvalue weighted by atomic mass is 10.2. The van der Waals surface area contributed by atoms with Crippen LogP contribution in [0.3, 0.4) is 0 Å². The van der Waals surface area contributed by atoms with Crippen molar-refractivity contribution in [2.24, 2.45) is 7.05 Å². The zero-order valence-electron chi connectivity index (χ0n) is 15.6. The third-order valence-corrected chi connectivity index (χ3v) is 4.41. The van der Waals surface area contributed by atoms with E-state index < -0.39 is 6.09 Å². The summed E-state index contributed by atoms with van der Waals surface area (Å²) in [6, 6.07) is 11.2. The first kappa shape index (κ1) is 19.6. The molecule has 0 bridgehead atoms. The van der Waals surface area contributed by atoms with Gasteiger partial charge in [0.25, 0.3) is 0 Å². The highest BCUT2D eigenvalue weighted by Crippen LogP contribution is 2.31. The second-order valence-corrected chi connectivity index (χ2v) is 6.37. The summed E-state index contributed by atoms with van der Waals surface area (Å²) in [5, 5.41) is 11.5. The standard InChI is InChI=1S/C19H19ClFN5O2/c1-4-28-19(27)22-13-7-10-15(16(20)11-13)17-23-24-18(26(17)3)25(2)14-8-5-12(21)6-9-14/h5-11H,4H2,1-3H3,(H,22,27). The molecule has 3 rings (SSSR count). The number of aromatic nitrogens is 3. The Kier molecular flexibility index (Phi) is 5.79. The minimum Gasteiger partial charge on any atom is -0.450 e. The van der Waals surface area contributed by atoms with E-state index in [0.717, 1.165) is 5.69 Å². The third kappa shape index (κ3) is 4.07. The number of hydrogen-bond donors (Lipinski definition) is 1. The molecule has 146 valence electrons. The first-order valence-corrected chi connectivity index (χ1v) is 8.91. The summed E-state index contributed by atoms with van der Waals surface area (Å²) in [5.74, 6) is 0.808. The molecule has 1 aromatic heterocycles. The molecule has 1 amide bonds. The van der Waals surface area contributed by atoms with Crippen molar-refractivity contribution in [3.8, 4) is 11.4 Å². The number of carbonyl (C=O) groups excluding carboxylic acids is 1. The second kappa shape index (κ2) is 8.26. The number of amides is 1. The van der Waals surface area contributed by atoms with Gasteiger partial charge in [0.2, 0.25) is 5.95 Å². The van der Waals surface area contributed by atoms with E-state index in [9.17, 15) is 9.18 Å². The number of hydrogen-bond acceptors (Lipinski definition) is 5. The molecule has 2 aromatic carbocycles. The largest absolute Gasteiger partial charge is 0.450 e. The summed E-state index contributed by atoms with van der Waals surface area (Å²) >= 11 is 6.39. The van der Waals surface area contributed by atoms with Gasteiger partial charge in [0.05, 0.1) is 11.6 Å². The van der Waals surface area contributed by atoms with Gasteiger partial charge in [-0.2, -0.15) is 0 Å². The molecule has 0 aliphatic heterocycles. The fourth-order valence-electron chi connectivity index (χ4n) is 2.69. The smallest absolute Gasteiger partial charge is 0.411 e. The molecule has 7 nitrogen and oxygen atoms in total. The highest BCUT2D eigenvalue weighted by Gasteiger charge is 2.18. The molecule has 0 aliphatic rings. The number of carbonyl (C=O) groups is 1. The van der Waals surface area contributed by atoms with Crippen LogP contribution in [0.25, 0.3) is 11.4 Å². The van der Waals surface area contributed by atoms with E-state index in [1.54, 1.807) is 46.7 Å². The molecule has 0 saturated carbocycles. The van der Waals surface area contributed by atoms with Crippen LogP contribution in [0.2, 0.25) is 5.02 Å². The minimum atomic E-state index is -0.548. The van der Waals surface area contributed by atoms with Gasteiger partial charge in [-0.1, -0.05) is 11.6 Å². The number of benzene rings is 2. The van der Waals surface area contributed by atoms with E-state index in [0.29, 0.717) is 28.0 Å². The second-order valence-electron chi connectivity index (χ2n) is 5.96. The van der Waals surface area contributed by atoms with Crippen molar-refractivity contribution in [1.82, 2.24) is 14.8 Å². The van der Waals surface area contributed by atoms with Crippen molar-refractivity contribution in [3.05, 3.63) is 53.3 Å². The van der Waals surface area contributed by atoms with Crippen molar-refractivity contribution in [1.29, 1.82) is 0 Å². The average Bonchev–Trinajstić information content (AvgIpc) is 3.03. The van der Waals surface area contributed by atoms with Crippen molar-refractivity contribution in [3.63, 3.8) is 0 Å².